The number of rotatable bonds is 6. The Balaban J connectivity index is 1.88. The fraction of sp³-hybridized carbons (Fsp3) is 0.600. The van der Waals surface area contributed by atoms with Crippen molar-refractivity contribution in [3.05, 3.63) is 35.9 Å². The van der Waals surface area contributed by atoms with Crippen molar-refractivity contribution in [2.45, 2.75) is 58.7 Å². The number of nitrogens with one attached hydrogen (secondary N) is 2. The molecule has 1 aromatic rings. The molecule has 4 atom stereocenters. The summed E-state index contributed by atoms with van der Waals surface area (Å²) in [5, 5.41) is 6.57. The molecule has 1 aliphatic heterocycles. The number of piperidine rings is 1. The van der Waals surface area contributed by atoms with Crippen molar-refractivity contribution in [1.82, 2.24) is 15.5 Å². The second-order valence-corrected chi connectivity index (χ2v) is 7.06. The maximum Gasteiger partial charge on any atom is 0.237 e. The van der Waals surface area contributed by atoms with Gasteiger partial charge in [0.2, 0.25) is 11.8 Å². The van der Waals surface area contributed by atoms with Gasteiger partial charge in [-0.05, 0) is 31.7 Å². The molecule has 1 saturated heterocycles. The molecule has 0 saturated carbocycles. The number of benzene rings is 1. The van der Waals surface area contributed by atoms with Gasteiger partial charge >= 0.3 is 0 Å². The summed E-state index contributed by atoms with van der Waals surface area (Å²) in [6.45, 7) is 9.22. The highest BCUT2D eigenvalue weighted by Gasteiger charge is 2.31. The number of hydrogen-bond acceptors (Lipinski definition) is 3. The lowest BCUT2D eigenvalue weighted by Crippen LogP contribution is -2.55. The molecular formula is C20H31N3O2. The van der Waals surface area contributed by atoms with Crippen LogP contribution in [0.5, 0.6) is 0 Å². The van der Waals surface area contributed by atoms with Gasteiger partial charge in [-0.2, -0.15) is 0 Å². The van der Waals surface area contributed by atoms with Crippen LogP contribution in [0.1, 0.15) is 52.1 Å². The van der Waals surface area contributed by atoms with Crippen LogP contribution in [0.4, 0.5) is 0 Å². The van der Waals surface area contributed by atoms with Gasteiger partial charge in [-0.1, -0.05) is 43.7 Å². The molecule has 5 nitrogen and oxygen atoms in total. The number of likely N-dealkylation sites (tertiary alicyclic amines) is 1. The van der Waals surface area contributed by atoms with Gasteiger partial charge in [-0.3, -0.25) is 9.59 Å². The van der Waals surface area contributed by atoms with E-state index in [1.807, 2.05) is 49.1 Å². The first kappa shape index (κ1) is 19.4. The molecule has 25 heavy (non-hydrogen) atoms. The van der Waals surface area contributed by atoms with Crippen molar-refractivity contribution in [3.63, 3.8) is 0 Å². The first-order valence-corrected chi connectivity index (χ1v) is 9.29. The SMILES string of the molecule is CCC1CN(C(C)=O)CCC1NC(C)C(=O)NC(C)c1ccccc1. The Morgan fingerprint density at radius 2 is 1.92 bits per heavy atom. The second-order valence-electron chi connectivity index (χ2n) is 7.06. The molecule has 2 N–H and O–H groups in total. The van der Waals surface area contributed by atoms with Gasteiger partial charge in [0, 0.05) is 26.1 Å². The molecule has 2 rings (SSSR count). The fourth-order valence-electron chi connectivity index (χ4n) is 3.51. The number of carbonyl (C=O) groups is 2. The molecule has 5 heteroatoms. The van der Waals surface area contributed by atoms with Crippen LogP contribution < -0.4 is 10.6 Å². The van der Waals surface area contributed by atoms with E-state index >= 15 is 0 Å². The van der Waals surface area contributed by atoms with Crippen molar-refractivity contribution in [3.8, 4) is 0 Å². The summed E-state index contributed by atoms with van der Waals surface area (Å²) in [4.78, 5) is 26.0. The molecule has 1 heterocycles. The average molecular weight is 345 g/mol. The predicted molar refractivity (Wildman–Crippen MR) is 100 cm³/mol. The lowest BCUT2D eigenvalue weighted by atomic mass is 9.89. The van der Waals surface area contributed by atoms with Gasteiger partial charge in [0.25, 0.3) is 0 Å². The van der Waals surface area contributed by atoms with E-state index in [9.17, 15) is 9.59 Å². The first-order valence-electron chi connectivity index (χ1n) is 9.29. The molecule has 138 valence electrons. The van der Waals surface area contributed by atoms with Crippen LogP contribution in [0.15, 0.2) is 30.3 Å². The highest BCUT2D eigenvalue weighted by atomic mass is 16.2. The zero-order valence-corrected chi connectivity index (χ0v) is 15.8. The molecule has 0 aliphatic carbocycles. The molecule has 2 amide bonds. The van der Waals surface area contributed by atoms with Gasteiger partial charge < -0.3 is 15.5 Å². The molecule has 0 spiro atoms. The van der Waals surface area contributed by atoms with Crippen molar-refractivity contribution < 1.29 is 9.59 Å². The summed E-state index contributed by atoms with van der Waals surface area (Å²) in [6.07, 6.45) is 1.89. The minimum absolute atomic E-state index is 0.0141. The van der Waals surface area contributed by atoms with E-state index in [0.29, 0.717) is 5.92 Å². The molecular weight excluding hydrogens is 314 g/mol. The van der Waals surface area contributed by atoms with Crippen molar-refractivity contribution >= 4 is 11.8 Å². The summed E-state index contributed by atoms with van der Waals surface area (Å²) in [5.41, 5.74) is 1.10. The van der Waals surface area contributed by atoms with Crippen LogP contribution in [0, 0.1) is 5.92 Å². The number of amides is 2. The third kappa shape index (κ3) is 5.30. The Morgan fingerprint density at radius 3 is 2.52 bits per heavy atom. The van der Waals surface area contributed by atoms with Crippen molar-refractivity contribution in [2.75, 3.05) is 13.1 Å². The highest BCUT2D eigenvalue weighted by molar-refractivity contribution is 5.81. The Labute approximate surface area is 151 Å². The van der Waals surface area contributed by atoms with Gasteiger partial charge in [-0.15, -0.1) is 0 Å². The Morgan fingerprint density at radius 1 is 1.24 bits per heavy atom. The quantitative estimate of drug-likeness (QED) is 0.833. The van der Waals surface area contributed by atoms with E-state index in [4.69, 9.17) is 0 Å². The van der Waals surface area contributed by atoms with Crippen LogP contribution in [0.2, 0.25) is 0 Å². The molecule has 0 radical (unpaired) electrons. The Hall–Kier alpha value is -1.88. The highest BCUT2D eigenvalue weighted by Crippen LogP contribution is 2.21. The van der Waals surface area contributed by atoms with Crippen LogP contribution in [-0.2, 0) is 9.59 Å². The lowest BCUT2D eigenvalue weighted by Gasteiger charge is -2.39. The van der Waals surface area contributed by atoms with E-state index in [1.54, 1.807) is 6.92 Å². The van der Waals surface area contributed by atoms with Crippen LogP contribution >= 0.6 is 0 Å². The second kappa shape index (κ2) is 8.99. The lowest BCUT2D eigenvalue weighted by molar-refractivity contribution is -0.131. The number of nitrogens with zero attached hydrogens (tertiary/aromatic N) is 1. The van der Waals surface area contributed by atoms with Crippen molar-refractivity contribution in [1.29, 1.82) is 0 Å². The zero-order valence-electron chi connectivity index (χ0n) is 15.8. The van der Waals surface area contributed by atoms with E-state index in [0.717, 1.165) is 31.5 Å². The number of hydrogen-bond donors (Lipinski definition) is 2. The van der Waals surface area contributed by atoms with Crippen LogP contribution in [-0.4, -0.2) is 41.9 Å². The van der Waals surface area contributed by atoms with Crippen LogP contribution in [0.25, 0.3) is 0 Å². The first-order chi connectivity index (χ1) is 11.9. The predicted octanol–water partition coefficient (Wildman–Crippen LogP) is 2.49. The monoisotopic (exact) mass is 345 g/mol. The maximum atomic E-state index is 12.5. The molecule has 1 aliphatic rings. The molecule has 0 aromatic heterocycles. The standard InChI is InChI=1S/C20H31N3O2/c1-5-17-13-23(16(4)24)12-11-19(17)21-15(3)20(25)22-14(2)18-9-7-6-8-10-18/h6-10,14-15,17,19,21H,5,11-13H2,1-4H3,(H,22,25). The van der Waals surface area contributed by atoms with Gasteiger partial charge in [0.1, 0.15) is 0 Å². The van der Waals surface area contributed by atoms with Gasteiger partial charge in [0.05, 0.1) is 12.1 Å². The Kier molecular flexibility index (Phi) is 7.00. The van der Waals surface area contributed by atoms with E-state index in [1.165, 1.54) is 0 Å². The molecule has 1 aromatic carbocycles. The maximum absolute atomic E-state index is 12.5. The van der Waals surface area contributed by atoms with Gasteiger partial charge in [0.15, 0.2) is 0 Å². The van der Waals surface area contributed by atoms with E-state index < -0.39 is 0 Å². The van der Waals surface area contributed by atoms with Crippen molar-refractivity contribution in [2.24, 2.45) is 5.92 Å². The minimum atomic E-state index is -0.255. The fourth-order valence-corrected chi connectivity index (χ4v) is 3.51. The summed E-state index contributed by atoms with van der Waals surface area (Å²) >= 11 is 0. The third-order valence-corrected chi connectivity index (χ3v) is 5.22. The average Bonchev–Trinajstić information content (AvgIpc) is 2.62. The number of carbonyl (C=O) groups excluding carboxylic acids is 2. The molecule has 4 unspecified atom stereocenters. The summed E-state index contributed by atoms with van der Waals surface area (Å²) in [6, 6.07) is 9.98. The molecule has 0 bridgehead atoms. The normalized spacial score (nSPS) is 23.0. The largest absolute Gasteiger partial charge is 0.348 e. The minimum Gasteiger partial charge on any atom is -0.348 e. The third-order valence-electron chi connectivity index (χ3n) is 5.22. The summed E-state index contributed by atoms with van der Waals surface area (Å²) in [7, 11) is 0. The summed E-state index contributed by atoms with van der Waals surface area (Å²) < 4.78 is 0. The zero-order chi connectivity index (χ0) is 18.4. The molecule has 1 fully saturated rings. The van der Waals surface area contributed by atoms with E-state index in [-0.39, 0.29) is 29.9 Å². The topological polar surface area (TPSA) is 61.4 Å². The summed E-state index contributed by atoms with van der Waals surface area (Å²) in [5.74, 6) is 0.541. The van der Waals surface area contributed by atoms with Crippen LogP contribution in [0.3, 0.4) is 0 Å². The van der Waals surface area contributed by atoms with Gasteiger partial charge in [-0.25, -0.2) is 0 Å². The Bertz CT molecular complexity index is 576. The smallest absolute Gasteiger partial charge is 0.237 e. The van der Waals surface area contributed by atoms with E-state index in [2.05, 4.69) is 17.6 Å².